The van der Waals surface area contributed by atoms with E-state index in [4.69, 9.17) is 0 Å². The molecule has 4 nitrogen and oxygen atoms in total. The number of anilines is 1. The molecule has 0 aliphatic heterocycles. The molecular weight excluding hydrogens is 320 g/mol. The molecule has 20 heavy (non-hydrogen) atoms. The number of halogens is 1. The number of nitrogens with one attached hydrogen (secondary N) is 1. The quantitative estimate of drug-likeness (QED) is 0.616. The van der Waals surface area contributed by atoms with Crippen molar-refractivity contribution in [1.82, 2.24) is 0 Å². The van der Waals surface area contributed by atoms with Gasteiger partial charge in [0.05, 0.1) is 10.6 Å². The predicted octanol–water partition coefficient (Wildman–Crippen LogP) is 5.05. The first-order valence-corrected chi connectivity index (χ1v) is 8.03. The van der Waals surface area contributed by atoms with Gasteiger partial charge < -0.3 is 5.32 Å². The van der Waals surface area contributed by atoms with Gasteiger partial charge >= 0.3 is 0 Å². The molecule has 1 aliphatic rings. The van der Waals surface area contributed by atoms with E-state index in [0.717, 1.165) is 23.0 Å². The van der Waals surface area contributed by atoms with Crippen LogP contribution >= 0.6 is 15.9 Å². The van der Waals surface area contributed by atoms with Gasteiger partial charge in [-0.25, -0.2) is 0 Å². The number of benzene rings is 1. The minimum Gasteiger partial charge on any atom is -0.381 e. The average molecular weight is 341 g/mol. The number of aryl methyl sites for hydroxylation is 1. The lowest BCUT2D eigenvalue weighted by atomic mass is 9.83. The molecule has 0 heterocycles. The summed E-state index contributed by atoms with van der Waals surface area (Å²) in [6.07, 6.45) is 6.08. The Bertz CT molecular complexity index is 505. The third kappa shape index (κ3) is 3.32. The molecule has 1 aromatic rings. The van der Waals surface area contributed by atoms with Gasteiger partial charge in [0.25, 0.3) is 5.69 Å². The van der Waals surface area contributed by atoms with Crippen LogP contribution in [0.4, 0.5) is 11.4 Å². The normalized spacial score (nSPS) is 22.6. The first kappa shape index (κ1) is 15.3. The van der Waals surface area contributed by atoms with Gasteiger partial charge in [-0.05, 0) is 47.7 Å². The first-order chi connectivity index (χ1) is 9.52. The van der Waals surface area contributed by atoms with Crippen LogP contribution in [0.25, 0.3) is 0 Å². The maximum atomic E-state index is 11.1. The van der Waals surface area contributed by atoms with Crippen LogP contribution in [-0.4, -0.2) is 11.0 Å². The van der Waals surface area contributed by atoms with Crippen LogP contribution in [0.2, 0.25) is 0 Å². The van der Waals surface area contributed by atoms with Crippen LogP contribution in [0, 0.1) is 23.0 Å². The Balaban J connectivity index is 2.23. The standard InChI is InChI=1S/C15H21BrN2O2/c1-3-11-6-4-5-7-13(11)17-14-9-15(18(19)20)10(2)8-12(14)16/h8-9,11,13,17H,3-7H2,1-2H3. The van der Waals surface area contributed by atoms with E-state index in [1.807, 2.05) is 6.07 Å². The summed E-state index contributed by atoms with van der Waals surface area (Å²) < 4.78 is 0.904. The molecule has 0 bridgehead atoms. The van der Waals surface area contributed by atoms with Gasteiger partial charge in [0.1, 0.15) is 0 Å². The monoisotopic (exact) mass is 340 g/mol. The van der Waals surface area contributed by atoms with Crippen molar-refractivity contribution >= 4 is 27.3 Å². The average Bonchev–Trinajstić information content (AvgIpc) is 2.42. The second kappa shape index (κ2) is 6.57. The highest BCUT2D eigenvalue weighted by Crippen LogP contribution is 2.35. The number of nitro groups is 1. The van der Waals surface area contributed by atoms with Crippen molar-refractivity contribution in [2.24, 2.45) is 5.92 Å². The summed E-state index contributed by atoms with van der Waals surface area (Å²) in [5, 5.41) is 14.6. The molecule has 0 spiro atoms. The van der Waals surface area contributed by atoms with Crippen LogP contribution in [0.5, 0.6) is 0 Å². The highest BCUT2D eigenvalue weighted by molar-refractivity contribution is 9.10. The number of hydrogen-bond acceptors (Lipinski definition) is 3. The highest BCUT2D eigenvalue weighted by Gasteiger charge is 2.25. The molecule has 1 aliphatic carbocycles. The van der Waals surface area contributed by atoms with Crippen molar-refractivity contribution in [3.8, 4) is 0 Å². The number of hydrogen-bond donors (Lipinski definition) is 1. The summed E-state index contributed by atoms with van der Waals surface area (Å²) in [6.45, 7) is 3.99. The lowest BCUT2D eigenvalue weighted by Crippen LogP contribution is -2.31. The fourth-order valence-corrected chi connectivity index (χ4v) is 3.63. The van der Waals surface area contributed by atoms with Crippen molar-refractivity contribution < 1.29 is 4.92 Å². The Hall–Kier alpha value is -1.10. The van der Waals surface area contributed by atoms with Crippen LogP contribution in [0.1, 0.15) is 44.6 Å². The number of nitro benzene ring substituents is 1. The molecular formula is C15H21BrN2O2. The fraction of sp³-hybridized carbons (Fsp3) is 0.600. The third-order valence-electron chi connectivity index (χ3n) is 4.26. The summed E-state index contributed by atoms with van der Waals surface area (Å²) in [6, 6.07) is 3.90. The molecule has 1 fully saturated rings. The molecule has 1 N–H and O–H groups in total. The summed E-state index contributed by atoms with van der Waals surface area (Å²) in [5.41, 5.74) is 1.70. The van der Waals surface area contributed by atoms with Crippen molar-refractivity contribution in [2.45, 2.75) is 52.0 Å². The van der Waals surface area contributed by atoms with E-state index < -0.39 is 0 Å². The van der Waals surface area contributed by atoms with Crippen LogP contribution in [0.15, 0.2) is 16.6 Å². The molecule has 0 saturated heterocycles. The fourth-order valence-electron chi connectivity index (χ4n) is 3.05. The second-order valence-corrected chi connectivity index (χ2v) is 6.43. The molecule has 0 aromatic heterocycles. The van der Waals surface area contributed by atoms with Crippen molar-refractivity contribution in [3.63, 3.8) is 0 Å². The van der Waals surface area contributed by atoms with Crippen LogP contribution in [0.3, 0.4) is 0 Å². The molecule has 2 rings (SSSR count). The molecule has 1 aromatic carbocycles. The maximum Gasteiger partial charge on any atom is 0.274 e. The largest absolute Gasteiger partial charge is 0.381 e. The van der Waals surface area contributed by atoms with E-state index in [1.165, 1.54) is 19.3 Å². The van der Waals surface area contributed by atoms with Gasteiger partial charge in [-0.2, -0.15) is 0 Å². The van der Waals surface area contributed by atoms with Gasteiger partial charge in [0, 0.05) is 22.1 Å². The summed E-state index contributed by atoms with van der Waals surface area (Å²) >= 11 is 3.51. The minimum atomic E-state index is -0.314. The zero-order valence-corrected chi connectivity index (χ0v) is 13.6. The predicted molar refractivity (Wildman–Crippen MR) is 85.2 cm³/mol. The zero-order valence-electron chi connectivity index (χ0n) is 12.0. The second-order valence-electron chi connectivity index (χ2n) is 5.58. The Labute approximate surface area is 128 Å². The molecule has 0 amide bonds. The Morgan fingerprint density at radius 3 is 2.75 bits per heavy atom. The minimum absolute atomic E-state index is 0.180. The molecule has 2 unspecified atom stereocenters. The van der Waals surface area contributed by atoms with Gasteiger partial charge in [-0.1, -0.05) is 26.2 Å². The lowest BCUT2D eigenvalue weighted by molar-refractivity contribution is -0.385. The topological polar surface area (TPSA) is 55.2 Å². The van der Waals surface area contributed by atoms with E-state index >= 15 is 0 Å². The van der Waals surface area contributed by atoms with Crippen molar-refractivity contribution in [1.29, 1.82) is 0 Å². The maximum absolute atomic E-state index is 11.1. The van der Waals surface area contributed by atoms with E-state index in [9.17, 15) is 10.1 Å². The molecule has 5 heteroatoms. The summed E-state index contributed by atoms with van der Waals surface area (Å²) in [5.74, 6) is 0.663. The van der Waals surface area contributed by atoms with E-state index in [1.54, 1.807) is 13.0 Å². The Morgan fingerprint density at radius 1 is 1.40 bits per heavy atom. The smallest absolute Gasteiger partial charge is 0.274 e. The molecule has 0 radical (unpaired) electrons. The number of rotatable bonds is 4. The summed E-state index contributed by atoms with van der Waals surface area (Å²) in [4.78, 5) is 10.7. The Morgan fingerprint density at radius 2 is 2.10 bits per heavy atom. The third-order valence-corrected chi connectivity index (χ3v) is 4.91. The van der Waals surface area contributed by atoms with Gasteiger partial charge in [0.15, 0.2) is 0 Å². The van der Waals surface area contributed by atoms with Crippen LogP contribution < -0.4 is 5.32 Å². The molecule has 1 saturated carbocycles. The SMILES string of the molecule is CCC1CCCCC1Nc1cc([N+](=O)[O-])c(C)cc1Br. The van der Waals surface area contributed by atoms with Crippen LogP contribution in [-0.2, 0) is 0 Å². The number of nitrogens with zero attached hydrogens (tertiary/aromatic N) is 1. The molecule has 2 atom stereocenters. The van der Waals surface area contributed by atoms with E-state index in [-0.39, 0.29) is 10.6 Å². The lowest BCUT2D eigenvalue weighted by Gasteiger charge is -2.32. The van der Waals surface area contributed by atoms with Gasteiger partial charge in [-0.3, -0.25) is 10.1 Å². The first-order valence-electron chi connectivity index (χ1n) is 7.24. The highest BCUT2D eigenvalue weighted by atomic mass is 79.9. The zero-order chi connectivity index (χ0) is 14.7. The van der Waals surface area contributed by atoms with Crippen molar-refractivity contribution in [2.75, 3.05) is 5.32 Å². The van der Waals surface area contributed by atoms with E-state index in [2.05, 4.69) is 28.2 Å². The van der Waals surface area contributed by atoms with Crippen molar-refractivity contribution in [3.05, 3.63) is 32.3 Å². The van der Waals surface area contributed by atoms with E-state index in [0.29, 0.717) is 17.5 Å². The van der Waals surface area contributed by atoms with Gasteiger partial charge in [-0.15, -0.1) is 0 Å². The van der Waals surface area contributed by atoms with Gasteiger partial charge in [0.2, 0.25) is 0 Å². The molecule has 110 valence electrons. The Kier molecular flexibility index (Phi) is 5.02. The summed E-state index contributed by atoms with van der Waals surface area (Å²) in [7, 11) is 0.